The minimum Gasteiger partial charge on any atom is -0.468 e. The fourth-order valence-corrected chi connectivity index (χ4v) is 5.01. The number of carbonyl (C=O) groups excluding carboxylic acids is 1. The summed E-state index contributed by atoms with van der Waals surface area (Å²) in [5.41, 5.74) is 2.19. The number of aromatic nitrogens is 2. The summed E-state index contributed by atoms with van der Waals surface area (Å²) < 4.78 is 7.45. The Kier molecular flexibility index (Phi) is 6.10. The zero-order valence-electron chi connectivity index (χ0n) is 14.2. The Morgan fingerprint density at radius 2 is 2.40 bits per heavy atom. The van der Waals surface area contributed by atoms with Gasteiger partial charge in [-0.05, 0) is 36.8 Å². The molecular formula is C16H21N4O2S3+. The number of rotatable bonds is 5. The van der Waals surface area contributed by atoms with Gasteiger partial charge in [0.05, 0.1) is 13.7 Å². The molecule has 0 aliphatic carbocycles. The second-order valence-corrected chi connectivity index (χ2v) is 8.85. The van der Waals surface area contributed by atoms with Gasteiger partial charge in [-0.2, -0.15) is 4.68 Å². The summed E-state index contributed by atoms with van der Waals surface area (Å²) >= 11 is 8.58. The van der Waals surface area contributed by atoms with E-state index in [4.69, 9.17) is 17.0 Å². The van der Waals surface area contributed by atoms with Crippen molar-refractivity contribution < 1.29 is 14.4 Å². The van der Waals surface area contributed by atoms with Crippen molar-refractivity contribution in [2.24, 2.45) is 0 Å². The van der Waals surface area contributed by atoms with Gasteiger partial charge < -0.3 is 15.0 Å². The third-order valence-electron chi connectivity index (χ3n) is 3.96. The van der Waals surface area contributed by atoms with Crippen LogP contribution < -0.4 is 10.2 Å². The number of aryl methyl sites for hydroxylation is 1. The van der Waals surface area contributed by atoms with Crippen molar-refractivity contribution in [3.63, 3.8) is 0 Å². The number of methoxy groups -OCH3 is 1. The Morgan fingerprint density at radius 1 is 1.56 bits per heavy atom. The highest BCUT2D eigenvalue weighted by Gasteiger charge is 2.30. The van der Waals surface area contributed by atoms with E-state index in [9.17, 15) is 4.79 Å². The predicted octanol–water partition coefficient (Wildman–Crippen LogP) is 1.86. The van der Waals surface area contributed by atoms with Crippen LogP contribution in [0.4, 0.5) is 10.8 Å². The van der Waals surface area contributed by atoms with E-state index in [0.29, 0.717) is 6.67 Å². The summed E-state index contributed by atoms with van der Waals surface area (Å²) in [4.78, 5) is 13.0. The molecule has 1 fully saturated rings. The summed E-state index contributed by atoms with van der Waals surface area (Å²) in [5.74, 6) is 0.784. The third kappa shape index (κ3) is 4.81. The Bertz CT molecular complexity index is 805. The molecule has 0 spiro atoms. The molecule has 0 saturated carbocycles. The fourth-order valence-electron chi connectivity index (χ4n) is 2.71. The van der Waals surface area contributed by atoms with Gasteiger partial charge in [0, 0.05) is 11.4 Å². The number of benzene rings is 1. The van der Waals surface area contributed by atoms with Crippen molar-refractivity contribution in [3.05, 3.63) is 33.8 Å². The monoisotopic (exact) mass is 397 g/mol. The first-order valence-electron chi connectivity index (χ1n) is 8.00. The molecule has 0 bridgehead atoms. The second kappa shape index (κ2) is 8.31. The van der Waals surface area contributed by atoms with Crippen molar-refractivity contribution in [2.45, 2.75) is 18.8 Å². The lowest BCUT2D eigenvalue weighted by molar-refractivity contribution is -0.921. The topological polar surface area (TPSA) is 60.6 Å². The van der Waals surface area contributed by atoms with E-state index in [1.165, 1.54) is 28.9 Å². The molecule has 2 N–H and O–H groups in total. The average molecular weight is 398 g/mol. The van der Waals surface area contributed by atoms with E-state index in [1.807, 2.05) is 16.8 Å². The number of ether oxygens (including phenoxy) is 1. The van der Waals surface area contributed by atoms with Crippen LogP contribution in [-0.4, -0.2) is 47.0 Å². The van der Waals surface area contributed by atoms with Crippen LogP contribution in [-0.2, 0) is 16.2 Å². The van der Waals surface area contributed by atoms with Crippen molar-refractivity contribution in [3.8, 4) is 0 Å². The van der Waals surface area contributed by atoms with Gasteiger partial charge in [-0.25, -0.2) is 0 Å². The number of anilines is 2. The van der Waals surface area contributed by atoms with E-state index in [1.54, 1.807) is 11.8 Å². The molecule has 134 valence electrons. The summed E-state index contributed by atoms with van der Waals surface area (Å²) in [6.45, 7) is 4.44. The lowest BCUT2D eigenvalue weighted by Crippen LogP contribution is -3.14. The first-order chi connectivity index (χ1) is 12.0. The minimum atomic E-state index is -0.147. The van der Waals surface area contributed by atoms with Gasteiger partial charge >= 0.3 is 5.97 Å². The van der Waals surface area contributed by atoms with Gasteiger partial charge in [0.2, 0.25) is 5.13 Å². The van der Waals surface area contributed by atoms with E-state index in [2.05, 4.69) is 29.5 Å². The molecule has 0 amide bonds. The van der Waals surface area contributed by atoms with E-state index >= 15 is 0 Å². The number of hydrogen-bond acceptors (Lipinski definition) is 7. The largest absolute Gasteiger partial charge is 0.468 e. The standard InChI is InChI=1S/C16H20N4O2S3/c1-11-4-3-5-12(8-11)17-15-18-20(16(23)25-15)10-19-6-7-24-13(9-19)14(21)22-2/h3-5,8,13H,6-7,9-10H2,1-2H3,(H,17,18)/p+1/t13-/m0/s1. The number of nitrogens with one attached hydrogen (secondary N) is 2. The normalized spacial score (nSPS) is 20.2. The van der Waals surface area contributed by atoms with Crippen LogP contribution in [0.5, 0.6) is 0 Å². The molecule has 9 heteroatoms. The summed E-state index contributed by atoms with van der Waals surface area (Å²) in [6.07, 6.45) is 0. The Balaban J connectivity index is 1.66. The zero-order chi connectivity index (χ0) is 17.8. The van der Waals surface area contributed by atoms with Gasteiger partial charge in [-0.1, -0.05) is 23.5 Å². The molecule has 1 aliphatic rings. The highest BCUT2D eigenvalue weighted by atomic mass is 32.2. The van der Waals surface area contributed by atoms with Crippen LogP contribution in [0.1, 0.15) is 5.56 Å². The first kappa shape index (κ1) is 18.4. The molecule has 6 nitrogen and oxygen atoms in total. The molecule has 1 aliphatic heterocycles. The molecule has 1 saturated heterocycles. The van der Waals surface area contributed by atoms with Crippen molar-refractivity contribution >= 4 is 52.1 Å². The number of hydrogen-bond donors (Lipinski definition) is 2. The van der Waals surface area contributed by atoms with Crippen LogP contribution in [0.25, 0.3) is 0 Å². The van der Waals surface area contributed by atoms with Crippen molar-refractivity contribution in [1.29, 1.82) is 0 Å². The molecule has 0 radical (unpaired) electrons. The van der Waals surface area contributed by atoms with Crippen molar-refractivity contribution in [2.75, 3.05) is 31.3 Å². The van der Waals surface area contributed by atoms with Gasteiger partial charge in [-0.3, -0.25) is 4.79 Å². The number of nitrogens with zero attached hydrogens (tertiary/aromatic N) is 2. The number of quaternary nitrogens is 1. The van der Waals surface area contributed by atoms with E-state index < -0.39 is 0 Å². The molecule has 1 unspecified atom stereocenters. The van der Waals surface area contributed by atoms with Gasteiger partial charge in [-0.15, -0.1) is 16.9 Å². The SMILES string of the molecule is COC(=O)[C@@H]1C[NH+](Cn2nc(Nc3cccc(C)c3)sc2=S)CCS1. The van der Waals surface area contributed by atoms with Gasteiger partial charge in [0.15, 0.2) is 15.9 Å². The van der Waals surface area contributed by atoms with Gasteiger partial charge in [0.1, 0.15) is 6.54 Å². The Morgan fingerprint density at radius 3 is 3.16 bits per heavy atom. The van der Waals surface area contributed by atoms with Crippen LogP contribution in [0.15, 0.2) is 24.3 Å². The maximum Gasteiger partial charge on any atom is 0.324 e. The fraction of sp³-hybridized carbons (Fsp3) is 0.438. The Labute approximate surface area is 160 Å². The number of thioether (sulfide) groups is 1. The summed E-state index contributed by atoms with van der Waals surface area (Å²) in [6, 6.07) is 8.15. The van der Waals surface area contributed by atoms with Crippen LogP contribution in [0.2, 0.25) is 0 Å². The Hall–Kier alpha value is -1.42. The quantitative estimate of drug-likeness (QED) is 0.593. The third-order valence-corrected chi connectivity index (χ3v) is 6.39. The van der Waals surface area contributed by atoms with Crippen molar-refractivity contribution in [1.82, 2.24) is 9.78 Å². The van der Waals surface area contributed by atoms with Crippen LogP contribution in [0, 0.1) is 10.9 Å². The predicted molar refractivity (Wildman–Crippen MR) is 104 cm³/mol. The molecule has 2 aromatic rings. The molecule has 1 aromatic carbocycles. The second-order valence-electron chi connectivity index (χ2n) is 5.91. The average Bonchev–Trinajstić information content (AvgIpc) is 2.93. The molecule has 3 rings (SSSR count). The maximum atomic E-state index is 11.8. The molecular weight excluding hydrogens is 376 g/mol. The molecule has 2 atom stereocenters. The number of carbonyl (C=O) groups is 1. The molecule has 25 heavy (non-hydrogen) atoms. The zero-order valence-corrected chi connectivity index (χ0v) is 16.6. The lowest BCUT2D eigenvalue weighted by atomic mass is 10.2. The molecule has 2 heterocycles. The highest BCUT2D eigenvalue weighted by molar-refractivity contribution is 8.00. The summed E-state index contributed by atoms with van der Waals surface area (Å²) in [7, 11) is 1.44. The minimum absolute atomic E-state index is 0.105. The van der Waals surface area contributed by atoms with E-state index in [-0.39, 0.29) is 11.2 Å². The summed E-state index contributed by atoms with van der Waals surface area (Å²) in [5, 5.41) is 8.58. The lowest BCUT2D eigenvalue weighted by Gasteiger charge is -2.27. The van der Waals surface area contributed by atoms with Gasteiger partial charge in [0.25, 0.3) is 0 Å². The molecule has 1 aromatic heterocycles. The first-order valence-corrected chi connectivity index (χ1v) is 10.3. The number of esters is 1. The smallest absolute Gasteiger partial charge is 0.324 e. The van der Waals surface area contributed by atoms with E-state index in [0.717, 1.165) is 33.6 Å². The van der Waals surface area contributed by atoms with Crippen LogP contribution in [0.3, 0.4) is 0 Å². The maximum absolute atomic E-state index is 11.8. The highest BCUT2D eigenvalue weighted by Crippen LogP contribution is 2.20. The van der Waals surface area contributed by atoms with Crippen LogP contribution >= 0.6 is 35.3 Å².